The minimum absolute atomic E-state index is 0.0851. The fourth-order valence-corrected chi connectivity index (χ4v) is 2.38. The molecular weight excluding hydrogens is 288 g/mol. The van der Waals surface area contributed by atoms with Gasteiger partial charge in [0.25, 0.3) is 0 Å². The van der Waals surface area contributed by atoms with Gasteiger partial charge in [-0.15, -0.1) is 0 Å². The molecular formula is C16H13ClN2O2. The molecule has 2 aromatic rings. The fourth-order valence-electron chi connectivity index (χ4n) is 2.12. The number of ether oxygens (including phenoxy) is 1. The number of pyridine rings is 1. The van der Waals surface area contributed by atoms with Crippen molar-refractivity contribution < 1.29 is 9.53 Å². The monoisotopic (exact) mass is 300 g/mol. The molecule has 0 spiro atoms. The van der Waals surface area contributed by atoms with Crippen LogP contribution in [0.5, 0.6) is 0 Å². The molecule has 2 rings (SSSR count). The van der Waals surface area contributed by atoms with Gasteiger partial charge in [-0.3, -0.25) is 0 Å². The first kappa shape index (κ1) is 15.0. The van der Waals surface area contributed by atoms with E-state index in [1.165, 1.54) is 0 Å². The average Bonchev–Trinajstić information content (AvgIpc) is 2.47. The highest BCUT2D eigenvalue weighted by molar-refractivity contribution is 6.31. The van der Waals surface area contributed by atoms with Crippen molar-refractivity contribution in [2.24, 2.45) is 0 Å². The number of rotatable bonds is 3. The molecule has 1 aromatic heterocycles. The molecule has 0 bridgehead atoms. The summed E-state index contributed by atoms with van der Waals surface area (Å²) in [6, 6.07) is 11.2. The van der Waals surface area contributed by atoms with Crippen LogP contribution < -0.4 is 0 Å². The van der Waals surface area contributed by atoms with E-state index in [2.05, 4.69) is 4.98 Å². The van der Waals surface area contributed by atoms with Gasteiger partial charge in [-0.2, -0.15) is 5.26 Å². The summed E-state index contributed by atoms with van der Waals surface area (Å²) in [5, 5.41) is 9.45. The maximum atomic E-state index is 12.2. The fraction of sp³-hybridized carbons (Fsp3) is 0.188. The van der Waals surface area contributed by atoms with Crippen LogP contribution in [0, 0.1) is 18.3 Å². The Morgan fingerprint density at radius 3 is 2.62 bits per heavy atom. The van der Waals surface area contributed by atoms with E-state index < -0.39 is 5.97 Å². The highest BCUT2D eigenvalue weighted by atomic mass is 35.5. The van der Waals surface area contributed by atoms with Gasteiger partial charge in [0.15, 0.2) is 0 Å². The molecule has 0 saturated heterocycles. The summed E-state index contributed by atoms with van der Waals surface area (Å²) in [7, 11) is 0. The van der Waals surface area contributed by atoms with Crippen molar-refractivity contribution in [3.8, 4) is 17.2 Å². The van der Waals surface area contributed by atoms with Crippen molar-refractivity contribution in [1.29, 1.82) is 5.26 Å². The highest BCUT2D eigenvalue weighted by Crippen LogP contribution is 2.33. The third kappa shape index (κ3) is 2.88. The van der Waals surface area contributed by atoms with E-state index in [0.717, 1.165) is 5.56 Å². The number of carbonyl (C=O) groups excluding carboxylic acids is 1. The van der Waals surface area contributed by atoms with E-state index in [0.29, 0.717) is 11.3 Å². The summed E-state index contributed by atoms with van der Waals surface area (Å²) in [4.78, 5) is 16.3. The second-order valence-electron chi connectivity index (χ2n) is 4.31. The maximum Gasteiger partial charge on any atom is 0.340 e. The van der Waals surface area contributed by atoms with Crippen LogP contribution in [0.2, 0.25) is 5.15 Å². The van der Waals surface area contributed by atoms with Crippen LogP contribution in [0.15, 0.2) is 30.3 Å². The normalized spacial score (nSPS) is 10.0. The lowest BCUT2D eigenvalue weighted by atomic mass is 9.95. The SMILES string of the molecule is CCOC(=O)c1c(C)nc(Cl)c(C#N)c1-c1ccccc1. The molecule has 21 heavy (non-hydrogen) atoms. The lowest BCUT2D eigenvalue weighted by molar-refractivity contribution is 0.0526. The summed E-state index contributed by atoms with van der Waals surface area (Å²) in [5.41, 5.74) is 2.09. The van der Waals surface area contributed by atoms with Gasteiger partial charge in [0.2, 0.25) is 0 Å². The van der Waals surface area contributed by atoms with E-state index in [9.17, 15) is 10.1 Å². The maximum absolute atomic E-state index is 12.2. The van der Waals surface area contributed by atoms with Crippen LogP contribution >= 0.6 is 11.6 Å². The Labute approximate surface area is 128 Å². The molecule has 0 aliphatic rings. The molecule has 106 valence electrons. The lowest BCUT2D eigenvalue weighted by Gasteiger charge is -2.14. The zero-order chi connectivity index (χ0) is 15.4. The third-order valence-corrected chi connectivity index (χ3v) is 3.26. The van der Waals surface area contributed by atoms with Crippen LogP contribution in [0.25, 0.3) is 11.1 Å². The van der Waals surface area contributed by atoms with E-state index >= 15 is 0 Å². The Morgan fingerprint density at radius 2 is 2.05 bits per heavy atom. The molecule has 0 N–H and O–H groups in total. The first-order valence-corrected chi connectivity index (χ1v) is 6.80. The quantitative estimate of drug-likeness (QED) is 0.639. The molecule has 0 saturated carbocycles. The van der Waals surface area contributed by atoms with Gasteiger partial charge >= 0.3 is 5.97 Å². The van der Waals surface area contributed by atoms with Gasteiger partial charge < -0.3 is 4.74 Å². The number of halogens is 1. The molecule has 0 aliphatic carbocycles. The van der Waals surface area contributed by atoms with Gasteiger partial charge in [-0.1, -0.05) is 41.9 Å². The van der Waals surface area contributed by atoms with Gasteiger partial charge in [0.05, 0.1) is 23.4 Å². The number of nitriles is 1. The van der Waals surface area contributed by atoms with Gasteiger partial charge in [0.1, 0.15) is 11.2 Å². The molecule has 1 aromatic carbocycles. The number of hydrogen-bond donors (Lipinski definition) is 0. The number of aromatic nitrogens is 1. The number of hydrogen-bond acceptors (Lipinski definition) is 4. The minimum atomic E-state index is -0.505. The molecule has 0 unspecified atom stereocenters. The van der Waals surface area contributed by atoms with Crippen molar-refractivity contribution in [2.45, 2.75) is 13.8 Å². The second-order valence-corrected chi connectivity index (χ2v) is 4.67. The van der Waals surface area contributed by atoms with E-state index in [1.807, 2.05) is 36.4 Å². The molecule has 4 nitrogen and oxygen atoms in total. The summed E-state index contributed by atoms with van der Waals surface area (Å²) in [6.07, 6.45) is 0. The Hall–Kier alpha value is -2.38. The van der Waals surface area contributed by atoms with E-state index in [1.54, 1.807) is 13.8 Å². The van der Waals surface area contributed by atoms with Gasteiger partial charge in [-0.25, -0.2) is 9.78 Å². The zero-order valence-corrected chi connectivity index (χ0v) is 12.4. The van der Waals surface area contributed by atoms with Crippen LogP contribution in [0.3, 0.4) is 0 Å². The first-order chi connectivity index (χ1) is 10.1. The largest absolute Gasteiger partial charge is 0.462 e. The predicted octanol–water partition coefficient (Wildman–Crippen LogP) is 3.76. The Kier molecular flexibility index (Phi) is 4.56. The standard InChI is InChI=1S/C16H13ClN2O2/c1-3-21-16(20)13-10(2)19-15(17)12(9-18)14(13)11-7-5-4-6-8-11/h4-8H,3H2,1-2H3. The first-order valence-electron chi connectivity index (χ1n) is 6.42. The Balaban J connectivity index is 2.81. The van der Waals surface area contributed by atoms with Gasteiger partial charge in [-0.05, 0) is 19.4 Å². The van der Waals surface area contributed by atoms with Crippen molar-refractivity contribution >= 4 is 17.6 Å². The number of carbonyl (C=O) groups is 1. The number of esters is 1. The summed E-state index contributed by atoms with van der Waals surface area (Å²) < 4.78 is 5.08. The molecule has 1 heterocycles. The predicted molar refractivity (Wildman–Crippen MR) is 80.1 cm³/mol. The lowest BCUT2D eigenvalue weighted by Crippen LogP contribution is -2.12. The Morgan fingerprint density at radius 1 is 1.38 bits per heavy atom. The molecule has 0 radical (unpaired) electrons. The molecule has 5 heteroatoms. The highest BCUT2D eigenvalue weighted by Gasteiger charge is 2.24. The number of nitrogens with zero attached hydrogens (tertiary/aromatic N) is 2. The molecule has 0 fully saturated rings. The van der Waals surface area contributed by atoms with Crippen LogP contribution in [0.4, 0.5) is 0 Å². The topological polar surface area (TPSA) is 63.0 Å². The zero-order valence-electron chi connectivity index (χ0n) is 11.7. The number of aryl methyl sites for hydroxylation is 1. The van der Waals surface area contributed by atoms with Crippen molar-refractivity contribution in [3.05, 3.63) is 52.3 Å². The van der Waals surface area contributed by atoms with Crippen LogP contribution in [0.1, 0.15) is 28.5 Å². The summed E-state index contributed by atoms with van der Waals surface area (Å²) in [6.45, 7) is 3.65. The van der Waals surface area contributed by atoms with Crippen molar-refractivity contribution in [2.75, 3.05) is 6.61 Å². The third-order valence-electron chi connectivity index (χ3n) is 2.99. The van der Waals surface area contributed by atoms with Crippen molar-refractivity contribution in [3.63, 3.8) is 0 Å². The van der Waals surface area contributed by atoms with Crippen LogP contribution in [-0.2, 0) is 4.74 Å². The molecule has 0 atom stereocenters. The van der Waals surface area contributed by atoms with Crippen LogP contribution in [-0.4, -0.2) is 17.6 Å². The van der Waals surface area contributed by atoms with E-state index in [4.69, 9.17) is 16.3 Å². The molecule has 0 aliphatic heterocycles. The minimum Gasteiger partial charge on any atom is -0.462 e. The Bertz CT molecular complexity index is 721. The van der Waals surface area contributed by atoms with Gasteiger partial charge in [0, 0.05) is 5.56 Å². The molecule has 0 amide bonds. The smallest absolute Gasteiger partial charge is 0.340 e. The summed E-state index contributed by atoms with van der Waals surface area (Å²) >= 11 is 6.05. The second kappa shape index (κ2) is 6.38. The van der Waals surface area contributed by atoms with E-state index in [-0.39, 0.29) is 22.9 Å². The van der Waals surface area contributed by atoms with Crippen molar-refractivity contribution in [1.82, 2.24) is 4.98 Å². The average molecular weight is 301 g/mol. The summed E-state index contributed by atoms with van der Waals surface area (Å²) in [5.74, 6) is -0.505. The number of benzene rings is 1.